The highest BCUT2D eigenvalue weighted by Gasteiger charge is 2.01. The summed E-state index contributed by atoms with van der Waals surface area (Å²) in [5, 5.41) is 15.7. The van der Waals surface area contributed by atoms with Gasteiger partial charge in [-0.05, 0) is 13.0 Å². The SMILES string of the molecule is C=C(C=CC#N)C(=O)OCC.C=CC(=O)O. The number of ether oxygens (including phenoxy) is 1. The molecule has 0 amide bonds. The fourth-order valence-electron chi connectivity index (χ4n) is 0.430. The van der Waals surface area contributed by atoms with Crippen LogP contribution in [0.15, 0.2) is 37.0 Å². The molecule has 86 valence electrons. The number of carboxylic acids is 1. The quantitative estimate of drug-likeness (QED) is 0.337. The Morgan fingerprint density at radius 3 is 2.38 bits per heavy atom. The van der Waals surface area contributed by atoms with Crippen LogP contribution in [0.2, 0.25) is 0 Å². The first-order chi connectivity index (χ1) is 7.49. The predicted molar refractivity (Wildman–Crippen MR) is 58.4 cm³/mol. The summed E-state index contributed by atoms with van der Waals surface area (Å²) in [5.74, 6) is -1.47. The van der Waals surface area contributed by atoms with Gasteiger partial charge in [0.05, 0.1) is 18.2 Å². The summed E-state index contributed by atoms with van der Waals surface area (Å²) < 4.78 is 4.60. The molecular formula is C11H13NO4. The van der Waals surface area contributed by atoms with Crippen molar-refractivity contribution < 1.29 is 19.4 Å². The lowest BCUT2D eigenvalue weighted by atomic mass is 10.3. The molecule has 0 spiro atoms. The van der Waals surface area contributed by atoms with E-state index in [2.05, 4.69) is 17.9 Å². The normalized spacial score (nSPS) is 8.25. The Bertz CT molecular complexity index is 336. The van der Waals surface area contributed by atoms with Crippen LogP contribution >= 0.6 is 0 Å². The Hall–Kier alpha value is -2.35. The minimum Gasteiger partial charge on any atom is -0.478 e. The van der Waals surface area contributed by atoms with Crippen molar-refractivity contribution in [2.45, 2.75) is 6.92 Å². The Labute approximate surface area is 93.9 Å². The minimum atomic E-state index is -0.981. The molecule has 0 aliphatic heterocycles. The summed E-state index contributed by atoms with van der Waals surface area (Å²) in [6, 6.07) is 1.75. The van der Waals surface area contributed by atoms with Gasteiger partial charge in [-0.1, -0.05) is 13.2 Å². The first-order valence-electron chi connectivity index (χ1n) is 4.27. The monoisotopic (exact) mass is 223 g/mol. The third kappa shape index (κ3) is 11.6. The average Bonchev–Trinajstić information content (AvgIpc) is 2.26. The fourth-order valence-corrected chi connectivity index (χ4v) is 0.430. The van der Waals surface area contributed by atoms with Gasteiger partial charge in [-0.15, -0.1) is 0 Å². The average molecular weight is 223 g/mol. The second-order valence-corrected chi connectivity index (χ2v) is 2.25. The Kier molecular flexibility index (Phi) is 10.8. The van der Waals surface area contributed by atoms with Crippen molar-refractivity contribution in [3.05, 3.63) is 37.0 Å². The minimum absolute atomic E-state index is 0.188. The van der Waals surface area contributed by atoms with E-state index in [-0.39, 0.29) is 5.57 Å². The molecule has 0 fully saturated rings. The summed E-state index contributed by atoms with van der Waals surface area (Å²) >= 11 is 0. The van der Waals surface area contributed by atoms with E-state index in [0.29, 0.717) is 6.61 Å². The number of esters is 1. The number of hydrogen-bond acceptors (Lipinski definition) is 4. The van der Waals surface area contributed by atoms with Crippen molar-refractivity contribution in [2.24, 2.45) is 0 Å². The molecule has 0 radical (unpaired) electrons. The van der Waals surface area contributed by atoms with Gasteiger partial charge in [0.1, 0.15) is 0 Å². The molecule has 5 heteroatoms. The van der Waals surface area contributed by atoms with E-state index >= 15 is 0 Å². The summed E-state index contributed by atoms with van der Waals surface area (Å²) in [5.41, 5.74) is 0.188. The molecule has 0 heterocycles. The van der Waals surface area contributed by atoms with Crippen LogP contribution in [0.5, 0.6) is 0 Å². The zero-order chi connectivity index (χ0) is 13.0. The first-order valence-corrected chi connectivity index (χ1v) is 4.27. The van der Waals surface area contributed by atoms with Gasteiger partial charge in [-0.25, -0.2) is 9.59 Å². The summed E-state index contributed by atoms with van der Waals surface area (Å²) in [6.07, 6.45) is 3.33. The molecule has 0 aromatic heterocycles. The number of rotatable bonds is 4. The predicted octanol–water partition coefficient (Wildman–Crippen LogP) is 1.44. The van der Waals surface area contributed by atoms with Crippen molar-refractivity contribution in [1.82, 2.24) is 0 Å². The molecule has 0 saturated heterocycles. The molecule has 0 unspecified atom stereocenters. The molecule has 16 heavy (non-hydrogen) atoms. The number of carboxylic acid groups (broad SMARTS) is 1. The van der Waals surface area contributed by atoms with E-state index in [1.807, 2.05) is 0 Å². The lowest BCUT2D eigenvalue weighted by Crippen LogP contribution is -2.04. The van der Waals surface area contributed by atoms with Gasteiger partial charge in [-0.3, -0.25) is 0 Å². The number of carbonyl (C=O) groups is 2. The molecule has 0 bridgehead atoms. The van der Waals surface area contributed by atoms with Crippen LogP contribution < -0.4 is 0 Å². The van der Waals surface area contributed by atoms with Gasteiger partial charge >= 0.3 is 11.9 Å². The molecule has 0 aliphatic carbocycles. The number of nitrogens with zero attached hydrogens (tertiary/aromatic N) is 1. The molecule has 0 saturated carbocycles. The summed E-state index contributed by atoms with van der Waals surface area (Å²) in [4.78, 5) is 20.0. The fraction of sp³-hybridized carbons (Fsp3) is 0.182. The molecule has 0 atom stereocenters. The Morgan fingerprint density at radius 1 is 1.56 bits per heavy atom. The standard InChI is InChI=1S/C8H9NO2.C3H4O2/c1-3-11-8(10)7(2)5-4-6-9;1-2-3(4)5/h4-5H,2-3H2,1H3;2H,1H2,(H,4,5). The van der Waals surface area contributed by atoms with Crippen molar-refractivity contribution in [1.29, 1.82) is 5.26 Å². The third-order valence-corrected chi connectivity index (χ3v) is 1.07. The summed E-state index contributed by atoms with van der Waals surface area (Å²) in [6.45, 7) is 8.38. The Morgan fingerprint density at radius 2 is 2.06 bits per heavy atom. The molecule has 0 aromatic rings. The number of nitriles is 1. The van der Waals surface area contributed by atoms with Crippen LogP contribution in [0.3, 0.4) is 0 Å². The third-order valence-electron chi connectivity index (χ3n) is 1.07. The van der Waals surface area contributed by atoms with E-state index in [9.17, 15) is 9.59 Å². The highest BCUT2D eigenvalue weighted by atomic mass is 16.5. The molecular weight excluding hydrogens is 210 g/mol. The second kappa shape index (κ2) is 10.7. The van der Waals surface area contributed by atoms with E-state index in [4.69, 9.17) is 10.4 Å². The molecule has 0 aromatic carbocycles. The van der Waals surface area contributed by atoms with E-state index in [0.717, 1.165) is 6.08 Å². The lowest BCUT2D eigenvalue weighted by Gasteiger charge is -1.98. The van der Waals surface area contributed by atoms with Crippen molar-refractivity contribution >= 4 is 11.9 Å². The van der Waals surface area contributed by atoms with Crippen LogP contribution in [0.1, 0.15) is 6.92 Å². The van der Waals surface area contributed by atoms with Gasteiger partial charge in [0.25, 0.3) is 0 Å². The van der Waals surface area contributed by atoms with Crippen molar-refractivity contribution in [3.63, 3.8) is 0 Å². The number of carbonyl (C=O) groups excluding carboxylic acids is 1. The van der Waals surface area contributed by atoms with Gasteiger partial charge in [0.15, 0.2) is 0 Å². The van der Waals surface area contributed by atoms with Crippen LogP contribution in [-0.4, -0.2) is 23.7 Å². The highest BCUT2D eigenvalue weighted by molar-refractivity contribution is 5.90. The van der Waals surface area contributed by atoms with Gasteiger partial charge in [0.2, 0.25) is 0 Å². The van der Waals surface area contributed by atoms with Crippen molar-refractivity contribution in [3.8, 4) is 6.07 Å². The van der Waals surface area contributed by atoms with Gasteiger partial charge < -0.3 is 9.84 Å². The highest BCUT2D eigenvalue weighted by Crippen LogP contribution is 1.95. The maximum absolute atomic E-state index is 10.8. The molecule has 1 N–H and O–H groups in total. The largest absolute Gasteiger partial charge is 0.478 e. The van der Waals surface area contributed by atoms with Crippen LogP contribution in [-0.2, 0) is 14.3 Å². The maximum atomic E-state index is 10.8. The van der Waals surface area contributed by atoms with Gasteiger partial charge in [0, 0.05) is 12.2 Å². The lowest BCUT2D eigenvalue weighted by molar-refractivity contribution is -0.138. The van der Waals surface area contributed by atoms with Gasteiger partial charge in [-0.2, -0.15) is 5.26 Å². The number of aliphatic carboxylic acids is 1. The molecule has 0 rings (SSSR count). The van der Waals surface area contributed by atoms with Crippen LogP contribution in [0, 0.1) is 11.3 Å². The summed E-state index contributed by atoms with van der Waals surface area (Å²) in [7, 11) is 0. The van der Waals surface area contributed by atoms with Crippen LogP contribution in [0.25, 0.3) is 0 Å². The number of allylic oxidation sites excluding steroid dienone is 1. The second-order valence-electron chi connectivity index (χ2n) is 2.25. The van der Waals surface area contributed by atoms with E-state index in [1.54, 1.807) is 13.0 Å². The zero-order valence-corrected chi connectivity index (χ0v) is 8.97. The molecule has 5 nitrogen and oxygen atoms in total. The Balaban J connectivity index is 0. The van der Waals surface area contributed by atoms with Crippen LogP contribution in [0.4, 0.5) is 0 Å². The van der Waals surface area contributed by atoms with Crippen molar-refractivity contribution in [2.75, 3.05) is 6.61 Å². The topological polar surface area (TPSA) is 87.4 Å². The van der Waals surface area contributed by atoms with E-state index < -0.39 is 11.9 Å². The molecule has 0 aliphatic rings. The maximum Gasteiger partial charge on any atom is 0.337 e. The number of hydrogen-bond donors (Lipinski definition) is 1. The smallest absolute Gasteiger partial charge is 0.337 e. The van der Waals surface area contributed by atoms with E-state index in [1.165, 1.54) is 12.2 Å². The first kappa shape index (κ1) is 16.1. The zero-order valence-electron chi connectivity index (χ0n) is 8.97.